The van der Waals surface area contributed by atoms with Gasteiger partial charge < -0.3 is 10.1 Å². The van der Waals surface area contributed by atoms with Gasteiger partial charge in [-0.2, -0.15) is 4.31 Å². The molecule has 4 rings (SSSR count). The van der Waals surface area contributed by atoms with Gasteiger partial charge in [-0.25, -0.2) is 13.4 Å². The van der Waals surface area contributed by atoms with E-state index in [0.717, 1.165) is 0 Å². The van der Waals surface area contributed by atoms with Gasteiger partial charge in [0.1, 0.15) is 10.4 Å². The van der Waals surface area contributed by atoms with Crippen molar-refractivity contribution < 1.29 is 22.7 Å². The van der Waals surface area contributed by atoms with Gasteiger partial charge in [0.05, 0.1) is 34.9 Å². The summed E-state index contributed by atoms with van der Waals surface area (Å²) in [4.78, 5) is 32.0. The number of anilines is 2. The van der Waals surface area contributed by atoms with Gasteiger partial charge in [0.2, 0.25) is 21.8 Å². The van der Waals surface area contributed by atoms with Crippen LogP contribution in [0.3, 0.4) is 0 Å². The minimum Gasteiger partial charge on any atom is -0.379 e. The van der Waals surface area contributed by atoms with E-state index in [2.05, 4.69) is 10.3 Å². The summed E-state index contributed by atoms with van der Waals surface area (Å²) in [6, 6.07) is 10.3. The fourth-order valence-electron chi connectivity index (χ4n) is 3.78. The number of amides is 2. The Bertz CT molecular complexity index is 1160. The number of sulfonamides is 1. The molecule has 11 heteroatoms. The normalized spacial score (nSPS) is 19.5. The number of nitrogens with zero attached hydrogens (tertiary/aromatic N) is 3. The highest BCUT2D eigenvalue weighted by Crippen LogP contribution is 2.38. The van der Waals surface area contributed by atoms with Gasteiger partial charge in [-0.1, -0.05) is 23.9 Å². The van der Waals surface area contributed by atoms with Crippen molar-refractivity contribution in [1.82, 2.24) is 9.29 Å². The summed E-state index contributed by atoms with van der Waals surface area (Å²) in [5.41, 5.74) is 0.159. The number of thioether (sulfide) groups is 1. The molecule has 2 aromatic rings. The van der Waals surface area contributed by atoms with E-state index in [9.17, 15) is 18.0 Å². The number of hydrogen-bond acceptors (Lipinski definition) is 7. The molecule has 1 aromatic carbocycles. The Labute approximate surface area is 197 Å². The number of carbonyl (C=O) groups is 2. The number of fused-ring (bicyclic) bond motifs is 1. The lowest BCUT2D eigenvalue weighted by atomic mass is 9.96. The van der Waals surface area contributed by atoms with Crippen LogP contribution in [0.15, 0.2) is 52.5 Å². The maximum atomic E-state index is 13.4. The Kier molecular flexibility index (Phi) is 6.50. The predicted octanol–water partition coefficient (Wildman–Crippen LogP) is 2.35. The third kappa shape index (κ3) is 4.50. The van der Waals surface area contributed by atoms with Crippen LogP contribution in [0.4, 0.5) is 11.4 Å². The summed E-state index contributed by atoms with van der Waals surface area (Å²) in [5.74, 6) is -0.498. The van der Waals surface area contributed by atoms with E-state index in [1.165, 1.54) is 33.2 Å². The van der Waals surface area contributed by atoms with E-state index in [-0.39, 0.29) is 16.7 Å². The molecule has 33 heavy (non-hydrogen) atoms. The van der Waals surface area contributed by atoms with Gasteiger partial charge in [-0.05, 0) is 45.0 Å². The van der Waals surface area contributed by atoms with Crippen LogP contribution in [0, 0.1) is 0 Å². The quantitative estimate of drug-likeness (QED) is 0.641. The largest absolute Gasteiger partial charge is 0.379 e. The van der Waals surface area contributed by atoms with Gasteiger partial charge in [0, 0.05) is 19.3 Å². The number of carbonyl (C=O) groups excluding carboxylic acids is 2. The third-order valence-electron chi connectivity index (χ3n) is 5.69. The van der Waals surface area contributed by atoms with Gasteiger partial charge in [0.15, 0.2) is 0 Å². The van der Waals surface area contributed by atoms with Crippen LogP contribution in [0.1, 0.15) is 20.8 Å². The lowest BCUT2D eigenvalue weighted by molar-refractivity contribution is -0.126. The lowest BCUT2D eigenvalue weighted by Crippen LogP contribution is -2.60. The number of aromatic nitrogens is 1. The van der Waals surface area contributed by atoms with E-state index in [1.54, 1.807) is 45.0 Å². The fourth-order valence-corrected chi connectivity index (χ4v) is 5.97. The van der Waals surface area contributed by atoms with Crippen molar-refractivity contribution in [3.63, 3.8) is 0 Å². The lowest BCUT2D eigenvalue weighted by Gasteiger charge is -2.43. The van der Waals surface area contributed by atoms with Crippen LogP contribution in [-0.4, -0.2) is 66.6 Å². The zero-order valence-corrected chi connectivity index (χ0v) is 20.3. The molecule has 1 fully saturated rings. The van der Waals surface area contributed by atoms with Crippen molar-refractivity contribution in [3.8, 4) is 0 Å². The topological polar surface area (TPSA) is 109 Å². The standard InChI is InChI=1S/C22H26N4O5S2/c1-15(20(27)26-18-7-5-4-6-17(18)24-21(28)22(26,2)3)32-19-9-8-16(14-23-19)33(29,30)25-10-12-31-13-11-25/h4-9,14-15H,10-13H2,1-3H3,(H,24,28). The Hall–Kier alpha value is -2.47. The second kappa shape index (κ2) is 9.05. The van der Waals surface area contributed by atoms with Gasteiger partial charge in [-0.3, -0.25) is 14.5 Å². The van der Waals surface area contributed by atoms with Gasteiger partial charge in [0.25, 0.3) is 0 Å². The van der Waals surface area contributed by atoms with Crippen molar-refractivity contribution in [3.05, 3.63) is 42.6 Å². The zero-order valence-electron chi connectivity index (χ0n) is 18.6. The molecule has 0 aliphatic carbocycles. The van der Waals surface area contributed by atoms with Crippen LogP contribution in [0.2, 0.25) is 0 Å². The van der Waals surface area contributed by atoms with Crippen LogP contribution >= 0.6 is 11.8 Å². The van der Waals surface area contributed by atoms with Crippen LogP contribution in [-0.2, 0) is 24.3 Å². The first-order chi connectivity index (χ1) is 15.6. The molecule has 9 nitrogen and oxygen atoms in total. The first-order valence-corrected chi connectivity index (χ1v) is 12.9. The molecule has 0 spiro atoms. The minimum absolute atomic E-state index is 0.107. The van der Waals surface area contributed by atoms with Gasteiger partial charge >= 0.3 is 0 Å². The Morgan fingerprint density at radius 1 is 1.18 bits per heavy atom. The number of hydrogen-bond donors (Lipinski definition) is 1. The summed E-state index contributed by atoms with van der Waals surface area (Å²) < 4.78 is 32.2. The number of para-hydroxylation sites is 2. The smallest absolute Gasteiger partial charge is 0.250 e. The molecule has 1 unspecified atom stereocenters. The molecule has 1 saturated heterocycles. The maximum absolute atomic E-state index is 13.4. The second-order valence-corrected chi connectivity index (χ2v) is 11.6. The molecule has 2 aliphatic heterocycles. The second-order valence-electron chi connectivity index (χ2n) is 8.31. The molecular weight excluding hydrogens is 464 g/mol. The maximum Gasteiger partial charge on any atom is 0.250 e. The molecule has 2 amide bonds. The number of ether oxygens (including phenoxy) is 1. The highest BCUT2D eigenvalue weighted by Gasteiger charge is 2.44. The van der Waals surface area contributed by atoms with E-state index in [4.69, 9.17) is 4.74 Å². The molecule has 3 heterocycles. The van der Waals surface area contributed by atoms with E-state index in [1.807, 2.05) is 6.07 Å². The summed E-state index contributed by atoms with van der Waals surface area (Å²) in [6.45, 7) is 6.52. The summed E-state index contributed by atoms with van der Waals surface area (Å²) >= 11 is 1.21. The summed E-state index contributed by atoms with van der Waals surface area (Å²) in [5, 5.41) is 2.81. The first-order valence-electron chi connectivity index (χ1n) is 10.6. The average molecular weight is 491 g/mol. The van der Waals surface area contributed by atoms with E-state index in [0.29, 0.717) is 42.7 Å². The molecule has 1 atom stereocenters. The molecule has 0 bridgehead atoms. The molecule has 176 valence electrons. The van der Waals surface area contributed by atoms with E-state index >= 15 is 0 Å². The number of morpholine rings is 1. The van der Waals surface area contributed by atoms with Crippen LogP contribution in [0.5, 0.6) is 0 Å². The number of nitrogens with one attached hydrogen (secondary N) is 1. The minimum atomic E-state index is -3.63. The summed E-state index contributed by atoms with van der Waals surface area (Å²) in [6.07, 6.45) is 1.32. The molecule has 2 aliphatic rings. The molecule has 0 saturated carbocycles. The third-order valence-corrected chi connectivity index (χ3v) is 8.61. The first kappa shape index (κ1) is 23.7. The highest BCUT2D eigenvalue weighted by atomic mass is 32.2. The van der Waals surface area contributed by atoms with Crippen molar-refractivity contribution in [2.45, 2.75) is 41.5 Å². The Balaban J connectivity index is 1.52. The SMILES string of the molecule is CC(Sc1ccc(S(=O)(=O)N2CCOCC2)cn1)C(=O)N1c2ccccc2NC(=O)C1(C)C. The van der Waals surface area contributed by atoms with Crippen molar-refractivity contribution in [2.75, 3.05) is 36.5 Å². The van der Waals surface area contributed by atoms with Gasteiger partial charge in [-0.15, -0.1) is 0 Å². The monoisotopic (exact) mass is 490 g/mol. The highest BCUT2D eigenvalue weighted by molar-refractivity contribution is 8.00. The van der Waals surface area contributed by atoms with Crippen molar-refractivity contribution in [1.29, 1.82) is 0 Å². The fraction of sp³-hybridized carbons (Fsp3) is 0.409. The molecule has 0 radical (unpaired) electrons. The van der Waals surface area contributed by atoms with Crippen molar-refractivity contribution >= 4 is 45.0 Å². The zero-order chi connectivity index (χ0) is 23.8. The average Bonchev–Trinajstić information content (AvgIpc) is 2.80. The summed E-state index contributed by atoms with van der Waals surface area (Å²) in [7, 11) is -3.63. The van der Waals surface area contributed by atoms with Crippen LogP contribution < -0.4 is 10.2 Å². The van der Waals surface area contributed by atoms with E-state index < -0.39 is 20.8 Å². The predicted molar refractivity (Wildman–Crippen MR) is 126 cm³/mol. The Morgan fingerprint density at radius 3 is 2.55 bits per heavy atom. The molecular formula is C22H26N4O5S2. The number of rotatable bonds is 5. The number of benzene rings is 1. The Morgan fingerprint density at radius 2 is 1.88 bits per heavy atom. The number of pyridine rings is 1. The molecule has 1 N–H and O–H groups in total. The molecule has 1 aromatic heterocycles. The van der Waals surface area contributed by atoms with Crippen molar-refractivity contribution in [2.24, 2.45) is 0 Å². The van der Waals surface area contributed by atoms with Crippen LogP contribution in [0.25, 0.3) is 0 Å².